The van der Waals surface area contributed by atoms with Gasteiger partial charge in [0, 0.05) is 6.42 Å². The van der Waals surface area contributed by atoms with Crippen molar-refractivity contribution in [2.75, 3.05) is 40.9 Å². The summed E-state index contributed by atoms with van der Waals surface area (Å²) in [6.07, 6.45) is 72.6. The van der Waals surface area contributed by atoms with E-state index < -0.39 is 20.0 Å². The summed E-state index contributed by atoms with van der Waals surface area (Å²) >= 11 is 0. The number of hydrogen-bond acceptors (Lipinski definition) is 6. The molecular weight excluding hydrogens is 924 g/mol. The lowest BCUT2D eigenvalue weighted by Crippen LogP contribution is -2.45. The van der Waals surface area contributed by atoms with Crippen molar-refractivity contribution < 1.29 is 32.9 Å². The third-order valence-corrected chi connectivity index (χ3v) is 15.6. The second kappa shape index (κ2) is 55.5. The number of nitrogens with zero attached hydrogens (tertiary/aromatic N) is 1. The van der Waals surface area contributed by atoms with Crippen LogP contribution in [0.2, 0.25) is 0 Å². The molecule has 9 heteroatoms. The minimum Gasteiger partial charge on any atom is -0.756 e. The predicted octanol–water partition coefficient (Wildman–Crippen LogP) is 19.1. The Labute approximate surface area is 455 Å². The van der Waals surface area contributed by atoms with Gasteiger partial charge in [-0.3, -0.25) is 9.36 Å². The molecule has 0 aliphatic heterocycles. The number of allylic oxidation sites excluding steroid dienone is 5. The van der Waals surface area contributed by atoms with E-state index in [-0.39, 0.29) is 19.1 Å². The van der Waals surface area contributed by atoms with Gasteiger partial charge in [0.1, 0.15) is 13.2 Å². The Kier molecular flexibility index (Phi) is 54.5. The molecule has 0 heterocycles. The molecule has 0 aliphatic carbocycles. The van der Waals surface area contributed by atoms with Crippen LogP contribution < -0.4 is 10.2 Å². The van der Waals surface area contributed by atoms with Gasteiger partial charge in [0.05, 0.1) is 39.9 Å². The van der Waals surface area contributed by atoms with Gasteiger partial charge in [-0.15, -0.1) is 0 Å². The van der Waals surface area contributed by atoms with Gasteiger partial charge in [-0.25, -0.2) is 0 Å². The normalized spacial score (nSPS) is 14.0. The highest BCUT2D eigenvalue weighted by atomic mass is 31.2. The van der Waals surface area contributed by atoms with Crippen LogP contribution in [0.4, 0.5) is 0 Å². The monoisotopic (exact) mass is 1050 g/mol. The molecule has 0 saturated carbocycles. The summed E-state index contributed by atoms with van der Waals surface area (Å²) in [7, 11) is 1.27. The van der Waals surface area contributed by atoms with E-state index in [9.17, 15) is 19.4 Å². The third-order valence-electron chi connectivity index (χ3n) is 14.6. The molecule has 0 bridgehead atoms. The van der Waals surface area contributed by atoms with Crippen LogP contribution in [0, 0.1) is 0 Å². The van der Waals surface area contributed by atoms with Crippen LogP contribution in [0.15, 0.2) is 36.5 Å². The van der Waals surface area contributed by atoms with Crippen LogP contribution in [0.5, 0.6) is 0 Å². The zero-order valence-corrected chi connectivity index (χ0v) is 50.3. The minimum atomic E-state index is -4.59. The van der Waals surface area contributed by atoms with Gasteiger partial charge in [-0.1, -0.05) is 294 Å². The number of quaternary nitrogens is 1. The largest absolute Gasteiger partial charge is 0.756 e. The summed E-state index contributed by atoms with van der Waals surface area (Å²) in [4.78, 5) is 25.5. The number of nitrogens with one attached hydrogen (secondary N) is 1. The number of rotatable bonds is 59. The Morgan fingerprint density at radius 3 is 1.14 bits per heavy atom. The van der Waals surface area contributed by atoms with Crippen molar-refractivity contribution in [3.05, 3.63) is 36.5 Å². The van der Waals surface area contributed by atoms with Gasteiger partial charge in [-0.2, -0.15) is 0 Å². The molecule has 0 radical (unpaired) electrons. The van der Waals surface area contributed by atoms with E-state index >= 15 is 0 Å². The van der Waals surface area contributed by atoms with E-state index in [0.717, 1.165) is 44.9 Å². The summed E-state index contributed by atoms with van der Waals surface area (Å²) in [5.41, 5.74) is 0. The van der Waals surface area contributed by atoms with Gasteiger partial charge >= 0.3 is 0 Å². The lowest BCUT2D eigenvalue weighted by Gasteiger charge is -2.29. The van der Waals surface area contributed by atoms with Crippen molar-refractivity contribution in [3.8, 4) is 0 Å². The van der Waals surface area contributed by atoms with E-state index in [2.05, 4.69) is 43.5 Å². The summed E-state index contributed by atoms with van der Waals surface area (Å²) < 4.78 is 23.3. The first-order chi connectivity index (χ1) is 35.5. The number of unbranched alkanes of at least 4 members (excludes halogenated alkanes) is 42. The number of aliphatic hydroxyl groups is 1. The van der Waals surface area contributed by atoms with Crippen LogP contribution in [-0.4, -0.2) is 68.5 Å². The summed E-state index contributed by atoms with van der Waals surface area (Å²) in [6.45, 7) is 4.67. The fourth-order valence-electron chi connectivity index (χ4n) is 9.60. The van der Waals surface area contributed by atoms with Gasteiger partial charge < -0.3 is 28.8 Å². The standard InChI is InChI=1S/C64H125N2O6P/c1-6-8-10-12-14-16-18-20-22-23-24-25-26-27-28-29-30-31-32-33-34-35-36-37-38-39-40-41-42-43-44-46-48-50-52-54-56-58-64(68)65-62(61-72-73(69,70)71-60-59-66(3,4)5)63(67)57-55-53-51-49-47-45-21-19-17-15-13-11-9-7-2/h18,20,23-24,55,57,62-63,67H,6-17,19,21-22,25-54,56,58-61H2,1-5H3,(H-,65,68,69,70)/b20-18-,24-23-,57-55+. The number of hydrogen-bond donors (Lipinski definition) is 2. The third kappa shape index (κ3) is 58.2. The maximum Gasteiger partial charge on any atom is 0.268 e. The number of likely N-dealkylation sites (N-methyl/N-ethyl adjacent to an activating group) is 1. The number of phosphoric ester groups is 1. The quantitative estimate of drug-likeness (QED) is 0.0272. The van der Waals surface area contributed by atoms with Crippen molar-refractivity contribution in [3.63, 3.8) is 0 Å². The topological polar surface area (TPSA) is 108 Å². The number of amides is 1. The molecule has 0 fully saturated rings. The van der Waals surface area contributed by atoms with E-state index in [1.807, 2.05) is 27.2 Å². The number of carbonyl (C=O) groups excluding carboxylic acids is 1. The van der Waals surface area contributed by atoms with Crippen molar-refractivity contribution >= 4 is 13.7 Å². The Bertz CT molecular complexity index is 1280. The van der Waals surface area contributed by atoms with Crippen LogP contribution in [-0.2, 0) is 18.4 Å². The van der Waals surface area contributed by atoms with Crippen molar-refractivity contribution in [2.24, 2.45) is 0 Å². The molecule has 0 rings (SSSR count). The number of phosphoric acid groups is 1. The SMILES string of the molecule is CCCCCCC/C=C\C/C=C\CCCCCCCCCCCCCCCCCCCCCCCCCCCC(=O)NC(COP(=O)([O-])OCC[N+](C)(C)C)C(O)/C=C/CCCCCCCCCCCCCC. The first-order valence-electron chi connectivity index (χ1n) is 31.9. The van der Waals surface area contributed by atoms with Crippen LogP contribution >= 0.6 is 7.82 Å². The highest BCUT2D eigenvalue weighted by molar-refractivity contribution is 7.45. The lowest BCUT2D eigenvalue weighted by atomic mass is 10.0. The molecule has 1 amide bonds. The predicted molar refractivity (Wildman–Crippen MR) is 316 cm³/mol. The molecule has 0 saturated heterocycles. The maximum absolute atomic E-state index is 13.0. The Morgan fingerprint density at radius 2 is 0.795 bits per heavy atom. The summed E-state index contributed by atoms with van der Waals surface area (Å²) in [6, 6.07) is -0.883. The average Bonchev–Trinajstić information content (AvgIpc) is 3.35. The molecule has 2 N–H and O–H groups in total. The lowest BCUT2D eigenvalue weighted by molar-refractivity contribution is -0.870. The van der Waals surface area contributed by atoms with E-state index in [4.69, 9.17) is 9.05 Å². The highest BCUT2D eigenvalue weighted by Crippen LogP contribution is 2.38. The maximum atomic E-state index is 13.0. The average molecular weight is 1050 g/mol. The first kappa shape index (κ1) is 71.7. The molecule has 0 aromatic carbocycles. The molecule has 3 atom stereocenters. The fourth-order valence-corrected chi connectivity index (χ4v) is 10.3. The second-order valence-corrected chi connectivity index (χ2v) is 24.5. The zero-order chi connectivity index (χ0) is 53.5. The zero-order valence-electron chi connectivity index (χ0n) is 49.4. The van der Waals surface area contributed by atoms with Gasteiger partial charge in [-0.05, 0) is 51.4 Å². The molecule has 0 aliphatic rings. The molecule has 3 unspecified atom stereocenters. The van der Waals surface area contributed by atoms with Crippen molar-refractivity contribution in [2.45, 2.75) is 328 Å². The summed E-state index contributed by atoms with van der Waals surface area (Å²) in [5.74, 6) is -0.192. The first-order valence-corrected chi connectivity index (χ1v) is 33.3. The molecule has 8 nitrogen and oxygen atoms in total. The number of carbonyl (C=O) groups is 1. The minimum absolute atomic E-state index is 0.00117. The molecule has 432 valence electrons. The van der Waals surface area contributed by atoms with Crippen LogP contribution in [0.25, 0.3) is 0 Å². The van der Waals surface area contributed by atoms with Crippen LogP contribution in [0.3, 0.4) is 0 Å². The molecule has 0 spiro atoms. The number of aliphatic hydroxyl groups excluding tert-OH is 1. The van der Waals surface area contributed by atoms with Crippen molar-refractivity contribution in [1.29, 1.82) is 0 Å². The fraction of sp³-hybridized carbons (Fsp3) is 0.891. The molecular formula is C64H125N2O6P. The molecule has 0 aromatic heterocycles. The van der Waals surface area contributed by atoms with E-state index in [1.165, 1.54) is 250 Å². The Morgan fingerprint density at radius 1 is 0.479 bits per heavy atom. The molecule has 73 heavy (non-hydrogen) atoms. The Hall–Kier alpha value is -1.28. The van der Waals surface area contributed by atoms with Gasteiger partial charge in [0.15, 0.2) is 0 Å². The smallest absolute Gasteiger partial charge is 0.268 e. The van der Waals surface area contributed by atoms with E-state index in [1.54, 1.807) is 6.08 Å². The van der Waals surface area contributed by atoms with Gasteiger partial charge in [0.2, 0.25) is 5.91 Å². The van der Waals surface area contributed by atoms with E-state index in [0.29, 0.717) is 17.4 Å². The second-order valence-electron chi connectivity index (χ2n) is 23.1. The van der Waals surface area contributed by atoms with Crippen LogP contribution in [0.1, 0.15) is 316 Å². The summed E-state index contributed by atoms with van der Waals surface area (Å²) in [5, 5.41) is 13.9. The van der Waals surface area contributed by atoms with Crippen molar-refractivity contribution in [1.82, 2.24) is 5.32 Å². The molecule has 0 aromatic rings. The van der Waals surface area contributed by atoms with Gasteiger partial charge in [0.25, 0.3) is 7.82 Å². The Balaban J connectivity index is 3.91. The highest BCUT2D eigenvalue weighted by Gasteiger charge is 2.23.